The van der Waals surface area contributed by atoms with Crippen molar-refractivity contribution in [2.75, 3.05) is 6.54 Å². The summed E-state index contributed by atoms with van der Waals surface area (Å²) in [5.74, 6) is -23.1. The molecule has 1 saturated carbocycles. The number of carboxylic acids is 2. The number of aromatic nitrogens is 1. The van der Waals surface area contributed by atoms with Crippen molar-refractivity contribution >= 4 is 135 Å². The number of benzene rings is 3. The van der Waals surface area contributed by atoms with E-state index < -0.39 is 276 Å². The second kappa shape index (κ2) is 57.4. The lowest BCUT2D eigenvalue weighted by molar-refractivity contribution is -0.140. The lowest BCUT2D eigenvalue weighted by atomic mass is 9.77. The number of primary amides is 2. The lowest BCUT2D eigenvalue weighted by Gasteiger charge is -2.34. The number of ketones is 4. The van der Waals surface area contributed by atoms with E-state index in [0.717, 1.165) is 6.42 Å². The number of aliphatic hydroxyl groups excluding tert-OH is 1. The third-order valence-corrected chi connectivity index (χ3v) is 25.4. The number of rotatable bonds is 40. The average Bonchev–Trinajstić information content (AvgIpc) is 1.52. The highest BCUT2D eigenvalue weighted by Gasteiger charge is 2.45. The number of fused-ring (bicyclic) bond motifs is 1. The van der Waals surface area contributed by atoms with Gasteiger partial charge in [0.2, 0.25) is 100 Å². The first kappa shape index (κ1) is 119. The number of aliphatic carboxylic acids is 1. The summed E-state index contributed by atoms with van der Waals surface area (Å²) in [6, 6.07) is 2.82. The SMILES string of the molecule is C.CC(=O)N[C@@H](CC(C)C)C(=O)N[C@H](C(=O)N[C@@H](Cc1ccccc1)C(=O)N[C@]1(C)CCCCCC/C=C/CCC[C@@](C)(C(=O)N[C@@H](C)C(=O)N[C@@H](C)C(=O)N[C@@H](C)C(=O)N[C@@H](C)C(=O)C(=O)[C@H](C)NC[C@H](C)C(N)=O)NC(=O)[C@H](CC2CCC2)CC(=O)[C@H](CCC(N)=O)NC(=O)[C@H](C)NC(=O)[C@H](Cc2c[nH]c3ccccc23)CC(=O)[C@H](Cc2ccc(C(=O)O)cc2)NC(=O)[C@H](CCC(=O)O)NC1=O)[C@@H](C)O. The largest absolute Gasteiger partial charge is 0.481 e. The monoisotopic (exact) mass is 1980 g/mol. The number of hydrogen-bond acceptors (Lipinski definition) is 23. The number of carboxylic acid groups (broad SMARTS) is 2. The molecule has 0 spiro atoms. The molecule has 15 amide bonds. The summed E-state index contributed by atoms with van der Waals surface area (Å²) in [7, 11) is 0. The van der Waals surface area contributed by atoms with Gasteiger partial charge in [-0.15, -0.1) is 0 Å². The minimum absolute atomic E-state index is 0. The maximum Gasteiger partial charge on any atom is 0.335 e. The van der Waals surface area contributed by atoms with Crippen molar-refractivity contribution in [3.63, 3.8) is 0 Å². The predicted octanol–water partition coefficient (Wildman–Crippen LogP) is 2.95. The quantitative estimate of drug-likeness (QED) is 0.0225. The molecular formula is C101H147N17O24. The number of carbonyl (C=O) groups is 21. The zero-order valence-corrected chi connectivity index (χ0v) is 82.7. The van der Waals surface area contributed by atoms with Crippen molar-refractivity contribution < 1.29 is 116 Å². The Bertz CT molecular complexity index is 5130. The number of aromatic amines is 1. The molecule has 2 heterocycles. The summed E-state index contributed by atoms with van der Waals surface area (Å²) >= 11 is 0. The molecule has 0 radical (unpaired) electrons. The van der Waals surface area contributed by atoms with Gasteiger partial charge in [0.1, 0.15) is 59.4 Å². The van der Waals surface area contributed by atoms with Crippen LogP contribution in [0.4, 0.5) is 0 Å². The molecule has 1 fully saturated rings. The Labute approximate surface area is 827 Å². The summed E-state index contributed by atoms with van der Waals surface area (Å²) in [6.07, 6.45) is 3.75. The van der Waals surface area contributed by atoms with Crippen LogP contribution in [0.5, 0.6) is 0 Å². The van der Waals surface area contributed by atoms with Gasteiger partial charge in [-0.25, -0.2) is 4.79 Å². The number of nitrogens with two attached hydrogens (primary N) is 2. The molecule has 18 atom stereocenters. The van der Waals surface area contributed by atoms with Crippen LogP contribution < -0.4 is 85.9 Å². The first-order valence-corrected chi connectivity index (χ1v) is 48.3. The van der Waals surface area contributed by atoms with Gasteiger partial charge in [0.25, 0.3) is 0 Å². The number of carbonyl (C=O) groups excluding carboxylic acids is 19. The molecule has 3 aromatic carbocycles. The molecule has 41 heteroatoms. The van der Waals surface area contributed by atoms with E-state index in [1.54, 1.807) is 74.6 Å². The molecule has 1 aliphatic heterocycles. The fourth-order valence-corrected chi connectivity index (χ4v) is 16.3. The van der Waals surface area contributed by atoms with Gasteiger partial charge in [0.15, 0.2) is 11.6 Å². The minimum Gasteiger partial charge on any atom is -0.481 e. The number of nitrogens with one attached hydrogen (secondary N) is 15. The van der Waals surface area contributed by atoms with Crippen molar-refractivity contribution in [2.24, 2.45) is 41.1 Å². The highest BCUT2D eigenvalue weighted by molar-refractivity contribution is 6.41. The van der Waals surface area contributed by atoms with Crippen LogP contribution >= 0.6 is 0 Å². The van der Waals surface area contributed by atoms with Gasteiger partial charge in [-0.2, -0.15) is 0 Å². The normalized spacial score (nSPS) is 22.2. The number of amides is 15. The van der Waals surface area contributed by atoms with Gasteiger partial charge < -0.3 is 106 Å². The third-order valence-electron chi connectivity index (χ3n) is 25.4. The molecule has 2 aliphatic rings. The Hall–Kier alpha value is -13.5. The number of Topliss-reactive ketones (excluding diaryl/α,β-unsaturated/α-hetero) is 4. The van der Waals surface area contributed by atoms with E-state index in [9.17, 15) is 77.6 Å². The van der Waals surface area contributed by atoms with Crippen molar-refractivity contribution in [1.82, 2.24) is 79.4 Å². The molecule has 0 bridgehead atoms. The van der Waals surface area contributed by atoms with Gasteiger partial charge in [-0.05, 0) is 186 Å². The standard InChI is InChI=1S/C100H143N17O24.CH4/c1-54(2)45-76(110-63(11)119)93(135)115-82(62(10)118)95(137)113-77(48-65-29-22-21-23-30-65)94(136)117-100(13)44-27-20-18-16-14-15-17-19-26-43-99(12,97(140)109-61(9)88(130)107-59(7)87(129)106-58(6)86(128)105-57(5)84(126)83(125)56(4)103-52-55(3)85(102)127)116-91(133)68(46-64-31-28-32-64)50-78(120)73(39-41-80(101)122)111-89(131)60(8)108-90(132)69(49-70-53-104-72-34-25-24-33-71(70)72)51-79(121)75(47-66-35-37-67(38-36-66)96(138)139)112-92(134)74(114-98(100)141)40-42-81(123)124;/h15,17,21-25,29-30,33-38,53-62,64,68-69,73-77,82,103-104,118H,14,16,18-20,26-28,31-32,39-52H2,1-13H3,(H2,101,122)(H2,102,127)(H,105,128)(H,106,129)(H,107,130)(H,108,132)(H,109,140)(H,110,119)(H,111,131)(H,112,134)(H,113,137)(H,114,141)(H,115,135)(H,116,133)(H,117,136)(H,123,124)(H,138,139);1H4/b17-15+;/t55-,56-,57-,58-,59-,60-,61-,62+,68+,69+,73-,74-,75-,76-,77-,82-,99-,100+;/m0./s1. The number of hydrogen-bond donors (Lipinski definition) is 20. The van der Waals surface area contributed by atoms with E-state index in [1.165, 1.54) is 100 Å². The predicted molar refractivity (Wildman–Crippen MR) is 526 cm³/mol. The molecule has 0 saturated heterocycles. The van der Waals surface area contributed by atoms with Crippen LogP contribution in [-0.2, 0) is 115 Å². The molecular weight excluding hydrogens is 1840 g/mol. The number of H-pyrrole nitrogens is 1. The molecule has 142 heavy (non-hydrogen) atoms. The fraction of sp³-hybridized carbons (Fsp3) is 0.574. The molecule has 4 aromatic rings. The van der Waals surface area contributed by atoms with Gasteiger partial charge in [-0.3, -0.25) is 95.9 Å². The first-order chi connectivity index (χ1) is 66.4. The average molecular weight is 1980 g/mol. The first-order valence-electron chi connectivity index (χ1n) is 48.3. The molecule has 780 valence electrons. The molecule has 0 unspecified atom stereocenters. The summed E-state index contributed by atoms with van der Waals surface area (Å²) < 4.78 is 0. The van der Waals surface area contributed by atoms with Crippen LogP contribution in [0.3, 0.4) is 0 Å². The number of allylic oxidation sites excluding steroid dienone is 2. The van der Waals surface area contributed by atoms with E-state index in [4.69, 9.17) is 11.5 Å². The van der Waals surface area contributed by atoms with Crippen LogP contribution in [0.25, 0.3) is 10.9 Å². The third kappa shape index (κ3) is 38.5. The van der Waals surface area contributed by atoms with Crippen LogP contribution in [0.2, 0.25) is 0 Å². The number of aliphatic hydroxyl groups is 1. The summed E-state index contributed by atoms with van der Waals surface area (Å²) in [5.41, 5.74) is 8.71. The van der Waals surface area contributed by atoms with Gasteiger partial charge >= 0.3 is 11.9 Å². The van der Waals surface area contributed by atoms with Crippen LogP contribution in [0, 0.1) is 29.6 Å². The smallest absolute Gasteiger partial charge is 0.335 e. The Morgan fingerprint density at radius 1 is 0.521 bits per heavy atom. The summed E-state index contributed by atoms with van der Waals surface area (Å²) in [6.45, 7) is 18.1. The zero-order chi connectivity index (χ0) is 105. The van der Waals surface area contributed by atoms with Crippen molar-refractivity contribution in [1.29, 1.82) is 0 Å². The van der Waals surface area contributed by atoms with Gasteiger partial charge in [0, 0.05) is 80.4 Å². The second-order valence-corrected chi connectivity index (χ2v) is 38.2. The second-order valence-electron chi connectivity index (χ2n) is 38.2. The lowest BCUT2D eigenvalue weighted by Crippen LogP contribution is -2.65. The van der Waals surface area contributed by atoms with Gasteiger partial charge in [-0.1, -0.05) is 140 Å². The maximum atomic E-state index is 15.6. The molecule has 1 aromatic heterocycles. The van der Waals surface area contributed by atoms with Gasteiger partial charge in [0.05, 0.1) is 35.8 Å². The minimum atomic E-state index is -2.09. The number of aromatic carboxylic acids is 1. The summed E-state index contributed by atoms with van der Waals surface area (Å²) in [4.78, 5) is 297. The highest BCUT2D eigenvalue weighted by atomic mass is 16.4. The van der Waals surface area contributed by atoms with Crippen molar-refractivity contribution in [3.05, 3.63) is 119 Å². The molecule has 6 rings (SSSR count). The van der Waals surface area contributed by atoms with Crippen LogP contribution in [0.1, 0.15) is 253 Å². The molecule has 41 nitrogen and oxygen atoms in total. The molecule has 22 N–H and O–H groups in total. The zero-order valence-electron chi connectivity index (χ0n) is 82.7. The van der Waals surface area contributed by atoms with Crippen LogP contribution in [-0.4, -0.2) is 240 Å². The Morgan fingerprint density at radius 3 is 1.68 bits per heavy atom. The van der Waals surface area contributed by atoms with Crippen molar-refractivity contribution in [3.8, 4) is 0 Å². The van der Waals surface area contributed by atoms with Crippen molar-refractivity contribution in [2.45, 2.75) is 335 Å². The van der Waals surface area contributed by atoms with E-state index >= 15 is 38.4 Å². The van der Waals surface area contributed by atoms with E-state index in [2.05, 4.69) is 79.4 Å². The number of para-hydroxylation sites is 1. The summed E-state index contributed by atoms with van der Waals surface area (Å²) in [5, 5.41) is 68.7. The Balaban J connectivity index is 0.0000355. The van der Waals surface area contributed by atoms with E-state index in [1.807, 2.05) is 12.2 Å². The topological polar surface area (TPSA) is 655 Å². The highest BCUT2D eigenvalue weighted by Crippen LogP contribution is 2.35. The Kier molecular flexibility index (Phi) is 48.1. The molecule has 1 aliphatic carbocycles. The van der Waals surface area contributed by atoms with E-state index in [0.29, 0.717) is 67.0 Å². The Morgan fingerprint density at radius 2 is 1.09 bits per heavy atom. The fourth-order valence-electron chi connectivity index (χ4n) is 16.3. The van der Waals surface area contributed by atoms with Crippen LogP contribution in [0.15, 0.2) is 97.2 Å². The van der Waals surface area contributed by atoms with E-state index in [-0.39, 0.29) is 88.3 Å². The maximum absolute atomic E-state index is 15.6.